The molecule has 0 aliphatic carbocycles. The molecule has 2 heterocycles. The molecule has 1 aromatic heterocycles. The zero-order chi connectivity index (χ0) is 14.5. The maximum Gasteiger partial charge on any atom is 0.350 e. The van der Waals surface area contributed by atoms with Gasteiger partial charge in [0.2, 0.25) is 0 Å². The van der Waals surface area contributed by atoms with Gasteiger partial charge in [0.1, 0.15) is 6.20 Å². The molecular formula is C12H19N3O5. The Labute approximate surface area is 116 Å². The minimum absolute atomic E-state index is 0.0163. The number of hydrogen-bond donors (Lipinski definition) is 1. The highest BCUT2D eigenvalue weighted by Gasteiger charge is 2.27. The molecule has 0 aromatic carbocycles. The van der Waals surface area contributed by atoms with Gasteiger partial charge in [0.25, 0.3) is 0 Å². The van der Waals surface area contributed by atoms with Gasteiger partial charge in [-0.1, -0.05) is 0 Å². The summed E-state index contributed by atoms with van der Waals surface area (Å²) in [7, 11) is 0. The zero-order valence-corrected chi connectivity index (χ0v) is 11.4. The minimum Gasteiger partial charge on any atom is -0.472 e. The van der Waals surface area contributed by atoms with Crippen molar-refractivity contribution >= 4 is 5.69 Å². The highest BCUT2D eigenvalue weighted by Crippen LogP contribution is 2.31. The minimum atomic E-state index is -0.499. The Balaban J connectivity index is 2.13. The van der Waals surface area contributed by atoms with E-state index in [1.165, 1.54) is 6.20 Å². The summed E-state index contributed by atoms with van der Waals surface area (Å²) in [5.74, 6) is 0.0163. The summed E-state index contributed by atoms with van der Waals surface area (Å²) >= 11 is 0. The van der Waals surface area contributed by atoms with Crippen LogP contribution in [0.4, 0.5) is 5.69 Å². The average Bonchev–Trinajstić information content (AvgIpc) is 2.83. The van der Waals surface area contributed by atoms with Crippen molar-refractivity contribution in [1.82, 2.24) is 9.78 Å². The van der Waals surface area contributed by atoms with Gasteiger partial charge in [0, 0.05) is 19.6 Å². The van der Waals surface area contributed by atoms with Crippen molar-refractivity contribution in [2.75, 3.05) is 19.8 Å². The van der Waals surface area contributed by atoms with Crippen LogP contribution in [0.1, 0.15) is 32.2 Å². The van der Waals surface area contributed by atoms with Crippen molar-refractivity contribution in [2.45, 2.75) is 38.3 Å². The van der Waals surface area contributed by atoms with Crippen LogP contribution in [-0.2, 0) is 4.74 Å². The number of ether oxygens (including phenoxy) is 2. The largest absolute Gasteiger partial charge is 0.472 e. The van der Waals surface area contributed by atoms with Gasteiger partial charge in [-0.15, -0.1) is 5.10 Å². The van der Waals surface area contributed by atoms with Crippen LogP contribution in [0.3, 0.4) is 0 Å². The Morgan fingerprint density at radius 1 is 1.70 bits per heavy atom. The van der Waals surface area contributed by atoms with Crippen molar-refractivity contribution in [3.63, 3.8) is 0 Å². The van der Waals surface area contributed by atoms with Crippen LogP contribution < -0.4 is 4.74 Å². The molecule has 8 heteroatoms. The van der Waals surface area contributed by atoms with Crippen molar-refractivity contribution in [3.05, 3.63) is 16.3 Å². The molecule has 0 amide bonds. The lowest BCUT2D eigenvalue weighted by Gasteiger charge is -2.27. The highest BCUT2D eigenvalue weighted by molar-refractivity contribution is 5.38. The van der Waals surface area contributed by atoms with E-state index in [2.05, 4.69) is 5.10 Å². The van der Waals surface area contributed by atoms with E-state index in [9.17, 15) is 10.1 Å². The predicted octanol–water partition coefficient (Wildman–Crippen LogP) is 1.29. The molecule has 1 saturated heterocycles. The quantitative estimate of drug-likeness (QED) is 0.480. The fraction of sp³-hybridized carbons (Fsp3) is 0.750. The molecule has 1 fully saturated rings. The van der Waals surface area contributed by atoms with E-state index >= 15 is 0 Å². The Morgan fingerprint density at radius 2 is 2.50 bits per heavy atom. The SMILES string of the molecule is C[C@H]1CC(n2cc([N+](=O)[O-])c(OCCCO)n2)CCO1. The van der Waals surface area contributed by atoms with Crippen LogP contribution >= 0.6 is 0 Å². The lowest BCUT2D eigenvalue weighted by Crippen LogP contribution is -2.25. The third-order valence-electron chi connectivity index (χ3n) is 3.25. The van der Waals surface area contributed by atoms with Crippen LogP contribution in [0.5, 0.6) is 5.88 Å². The van der Waals surface area contributed by atoms with Crippen LogP contribution in [0, 0.1) is 10.1 Å². The van der Waals surface area contributed by atoms with Crippen molar-refractivity contribution in [1.29, 1.82) is 0 Å². The second-order valence-electron chi connectivity index (χ2n) is 4.84. The second-order valence-corrected chi connectivity index (χ2v) is 4.84. The third-order valence-corrected chi connectivity index (χ3v) is 3.25. The summed E-state index contributed by atoms with van der Waals surface area (Å²) in [5, 5.41) is 23.9. The molecule has 1 aromatic rings. The molecule has 1 aliphatic rings. The fourth-order valence-corrected chi connectivity index (χ4v) is 2.23. The molecule has 0 radical (unpaired) electrons. The first-order valence-electron chi connectivity index (χ1n) is 6.70. The number of aromatic nitrogens is 2. The fourth-order valence-electron chi connectivity index (χ4n) is 2.23. The molecule has 112 valence electrons. The molecule has 20 heavy (non-hydrogen) atoms. The Bertz CT molecular complexity index is 462. The average molecular weight is 285 g/mol. The highest BCUT2D eigenvalue weighted by atomic mass is 16.6. The number of nitrogens with zero attached hydrogens (tertiary/aromatic N) is 3. The van der Waals surface area contributed by atoms with Gasteiger partial charge in [-0.05, 0) is 19.8 Å². The van der Waals surface area contributed by atoms with Crippen molar-refractivity contribution in [3.8, 4) is 5.88 Å². The molecule has 0 bridgehead atoms. The first-order chi connectivity index (χ1) is 9.61. The van der Waals surface area contributed by atoms with Crippen LogP contribution in [0.25, 0.3) is 0 Å². The van der Waals surface area contributed by atoms with Crippen LogP contribution in [-0.4, -0.2) is 45.7 Å². The lowest BCUT2D eigenvalue weighted by atomic mass is 10.1. The van der Waals surface area contributed by atoms with Gasteiger partial charge < -0.3 is 14.6 Å². The summed E-state index contributed by atoms with van der Waals surface area (Å²) in [6.45, 7) is 2.79. The number of rotatable bonds is 6. The molecule has 1 aliphatic heterocycles. The van der Waals surface area contributed by atoms with Crippen molar-refractivity contribution in [2.24, 2.45) is 0 Å². The Morgan fingerprint density at radius 3 is 3.15 bits per heavy atom. The smallest absolute Gasteiger partial charge is 0.350 e. The summed E-state index contributed by atoms with van der Waals surface area (Å²) in [4.78, 5) is 10.5. The standard InChI is InChI=1S/C12H19N3O5/c1-9-7-10(3-6-19-9)14-8-11(15(17)18)12(13-14)20-5-2-4-16/h8-10,16H,2-7H2,1H3/t9-,10?/m0/s1. The number of aliphatic hydroxyl groups is 1. The monoisotopic (exact) mass is 285 g/mol. The molecule has 8 nitrogen and oxygen atoms in total. The molecule has 0 saturated carbocycles. The normalized spacial score (nSPS) is 22.7. The van der Waals surface area contributed by atoms with E-state index in [4.69, 9.17) is 14.6 Å². The van der Waals surface area contributed by atoms with Gasteiger partial charge in [-0.2, -0.15) is 0 Å². The summed E-state index contributed by atoms with van der Waals surface area (Å²) < 4.78 is 12.3. The third kappa shape index (κ3) is 3.45. The van der Waals surface area contributed by atoms with E-state index in [1.54, 1.807) is 4.68 Å². The van der Waals surface area contributed by atoms with Gasteiger partial charge in [0.05, 0.1) is 23.7 Å². The molecular weight excluding hydrogens is 266 g/mol. The number of hydrogen-bond acceptors (Lipinski definition) is 6. The summed E-state index contributed by atoms with van der Waals surface area (Å²) in [6, 6.07) is 0.0904. The van der Waals surface area contributed by atoms with Gasteiger partial charge in [0.15, 0.2) is 0 Å². The zero-order valence-electron chi connectivity index (χ0n) is 11.4. The van der Waals surface area contributed by atoms with E-state index in [0.29, 0.717) is 13.0 Å². The first kappa shape index (κ1) is 14.7. The first-order valence-corrected chi connectivity index (χ1v) is 6.70. The van der Waals surface area contributed by atoms with Gasteiger partial charge in [-0.25, -0.2) is 0 Å². The van der Waals surface area contributed by atoms with Crippen LogP contribution in [0.2, 0.25) is 0 Å². The molecule has 0 spiro atoms. The maximum atomic E-state index is 11.0. The van der Waals surface area contributed by atoms with E-state index in [1.807, 2.05) is 6.92 Å². The summed E-state index contributed by atoms with van der Waals surface area (Å²) in [6.07, 6.45) is 3.50. The van der Waals surface area contributed by atoms with Crippen molar-refractivity contribution < 1.29 is 19.5 Å². The van der Waals surface area contributed by atoms with Gasteiger partial charge >= 0.3 is 11.6 Å². The number of nitro groups is 1. The van der Waals surface area contributed by atoms with E-state index in [0.717, 1.165) is 12.8 Å². The van der Waals surface area contributed by atoms with E-state index < -0.39 is 4.92 Å². The Hall–Kier alpha value is -1.67. The topological polar surface area (TPSA) is 99.7 Å². The molecule has 2 rings (SSSR count). The predicted molar refractivity (Wildman–Crippen MR) is 69.8 cm³/mol. The second kappa shape index (κ2) is 6.67. The molecule has 1 unspecified atom stereocenters. The molecule has 2 atom stereocenters. The molecule has 1 N–H and O–H groups in total. The number of aliphatic hydroxyl groups excluding tert-OH is 1. The maximum absolute atomic E-state index is 11.0. The Kier molecular flexibility index (Phi) is 4.91. The van der Waals surface area contributed by atoms with Gasteiger partial charge in [-0.3, -0.25) is 14.8 Å². The van der Waals surface area contributed by atoms with Crippen LogP contribution in [0.15, 0.2) is 6.20 Å². The summed E-state index contributed by atoms with van der Waals surface area (Å²) in [5.41, 5.74) is -0.137. The van der Waals surface area contributed by atoms with E-state index in [-0.39, 0.29) is 36.9 Å². The lowest BCUT2D eigenvalue weighted by molar-refractivity contribution is -0.386.